The molecule has 164 valence electrons. The average Bonchev–Trinajstić information content (AvgIpc) is 3.32. The Balaban J connectivity index is 1.45. The van der Waals surface area contributed by atoms with E-state index in [4.69, 9.17) is 0 Å². The van der Waals surface area contributed by atoms with Crippen molar-refractivity contribution in [2.75, 3.05) is 42.9 Å². The summed E-state index contributed by atoms with van der Waals surface area (Å²) in [5.41, 5.74) is 3.46. The molecule has 3 aliphatic rings. The zero-order valence-corrected chi connectivity index (χ0v) is 18.0. The van der Waals surface area contributed by atoms with Crippen molar-refractivity contribution < 1.29 is 9.59 Å². The molecule has 1 unspecified atom stereocenters. The summed E-state index contributed by atoms with van der Waals surface area (Å²) in [5, 5.41) is 10.7. The molecular weight excluding hydrogens is 392 g/mol. The van der Waals surface area contributed by atoms with Crippen molar-refractivity contribution in [3.8, 4) is 0 Å². The van der Waals surface area contributed by atoms with Crippen LogP contribution in [0.1, 0.15) is 47.6 Å². The number of nitrogens with one attached hydrogen (secondary N) is 2. The first-order chi connectivity index (χ1) is 15.1. The van der Waals surface area contributed by atoms with E-state index in [1.807, 2.05) is 42.5 Å². The Hall–Kier alpha value is -2.87. The van der Waals surface area contributed by atoms with Gasteiger partial charge in [0.2, 0.25) is 5.91 Å². The second-order valence-electron chi connectivity index (χ2n) is 8.86. The molecule has 3 heterocycles. The summed E-state index contributed by atoms with van der Waals surface area (Å²) >= 11 is 0. The van der Waals surface area contributed by atoms with Crippen LogP contribution >= 0.6 is 0 Å². The van der Waals surface area contributed by atoms with Gasteiger partial charge in [0.25, 0.3) is 5.91 Å². The number of rotatable bonds is 5. The summed E-state index contributed by atoms with van der Waals surface area (Å²) in [6.45, 7) is 4.02. The van der Waals surface area contributed by atoms with Crippen LogP contribution in [0, 0.1) is 5.92 Å². The van der Waals surface area contributed by atoms with Crippen LogP contribution in [0.2, 0.25) is 0 Å². The number of hydrogen-bond acceptors (Lipinski definition) is 5. The van der Waals surface area contributed by atoms with E-state index in [0.29, 0.717) is 18.7 Å². The summed E-state index contributed by atoms with van der Waals surface area (Å²) in [5.74, 6) is 0.278. The van der Waals surface area contributed by atoms with E-state index in [9.17, 15) is 9.59 Å². The van der Waals surface area contributed by atoms with Gasteiger partial charge in [-0.25, -0.2) is 0 Å². The molecule has 8 nitrogen and oxygen atoms in total. The van der Waals surface area contributed by atoms with E-state index in [0.717, 1.165) is 62.3 Å². The third-order valence-corrected chi connectivity index (χ3v) is 6.50. The van der Waals surface area contributed by atoms with Crippen molar-refractivity contribution >= 4 is 23.2 Å². The Morgan fingerprint density at radius 3 is 2.68 bits per heavy atom. The Morgan fingerprint density at radius 2 is 1.97 bits per heavy atom. The quantitative estimate of drug-likeness (QED) is 0.772. The number of benzene rings is 1. The number of hydrogen-bond donors (Lipinski definition) is 2. The summed E-state index contributed by atoms with van der Waals surface area (Å²) < 4.78 is 1.78. The lowest BCUT2D eigenvalue weighted by Gasteiger charge is -2.36. The second kappa shape index (κ2) is 8.34. The standard InChI is InChI=1S/C23H30N6O2/c1-27-15-17(13-25-27)21-14-24-8-11-29(21)23(31)19-7-6-18(26-22(30)16-4-5-16)12-20(19)28-9-2-3-10-28/h6-7,12-13,15-16,21,24H,2-5,8-11,14H2,1H3,(H,26,30). The van der Waals surface area contributed by atoms with Gasteiger partial charge in [-0.3, -0.25) is 14.3 Å². The molecular formula is C23H30N6O2. The third kappa shape index (κ3) is 4.17. The fourth-order valence-corrected chi connectivity index (χ4v) is 4.61. The predicted molar refractivity (Wildman–Crippen MR) is 119 cm³/mol. The van der Waals surface area contributed by atoms with Gasteiger partial charge in [0.15, 0.2) is 0 Å². The molecule has 2 N–H and O–H groups in total. The number of piperazine rings is 1. The molecule has 5 rings (SSSR count). The summed E-state index contributed by atoms with van der Waals surface area (Å²) in [6.07, 6.45) is 8.02. The highest BCUT2D eigenvalue weighted by molar-refractivity contribution is 6.02. The highest BCUT2D eigenvalue weighted by Crippen LogP contribution is 2.34. The Bertz CT molecular complexity index is 976. The minimum absolute atomic E-state index is 0.0392. The molecule has 0 spiro atoms. The monoisotopic (exact) mass is 422 g/mol. The number of anilines is 2. The van der Waals surface area contributed by atoms with E-state index in [1.165, 1.54) is 0 Å². The van der Waals surface area contributed by atoms with E-state index < -0.39 is 0 Å². The zero-order valence-electron chi connectivity index (χ0n) is 18.0. The number of aryl methyl sites for hydroxylation is 1. The van der Waals surface area contributed by atoms with Crippen LogP contribution in [-0.2, 0) is 11.8 Å². The number of aromatic nitrogens is 2. The molecule has 3 fully saturated rings. The van der Waals surface area contributed by atoms with E-state index >= 15 is 0 Å². The Labute approximate surface area is 182 Å². The first-order valence-electron chi connectivity index (χ1n) is 11.3. The van der Waals surface area contributed by atoms with Crippen LogP contribution in [0.3, 0.4) is 0 Å². The number of carbonyl (C=O) groups is 2. The average molecular weight is 423 g/mol. The van der Waals surface area contributed by atoms with Gasteiger partial charge >= 0.3 is 0 Å². The number of amides is 2. The van der Waals surface area contributed by atoms with Crippen molar-refractivity contribution in [1.29, 1.82) is 0 Å². The summed E-state index contributed by atoms with van der Waals surface area (Å²) in [4.78, 5) is 30.3. The van der Waals surface area contributed by atoms with Crippen LogP contribution in [0.5, 0.6) is 0 Å². The largest absolute Gasteiger partial charge is 0.371 e. The van der Waals surface area contributed by atoms with Crippen LogP contribution in [0.15, 0.2) is 30.6 Å². The second-order valence-corrected chi connectivity index (χ2v) is 8.86. The molecule has 2 amide bonds. The molecule has 2 aromatic rings. The van der Waals surface area contributed by atoms with Gasteiger partial charge in [-0.05, 0) is 43.9 Å². The van der Waals surface area contributed by atoms with Gasteiger partial charge in [-0.2, -0.15) is 5.10 Å². The van der Waals surface area contributed by atoms with E-state index in [1.54, 1.807) is 4.68 Å². The first kappa shape index (κ1) is 20.1. The fraction of sp³-hybridized carbons (Fsp3) is 0.522. The van der Waals surface area contributed by atoms with Crippen LogP contribution in [-0.4, -0.2) is 59.2 Å². The molecule has 31 heavy (non-hydrogen) atoms. The SMILES string of the molecule is Cn1cc(C2CNCCN2C(=O)c2ccc(NC(=O)C3CC3)cc2N2CCCC2)cn1. The molecule has 8 heteroatoms. The van der Waals surface area contributed by atoms with Gasteiger partial charge in [-0.1, -0.05) is 0 Å². The normalized spacial score (nSPS) is 21.4. The number of nitrogens with zero attached hydrogens (tertiary/aromatic N) is 4. The maximum atomic E-state index is 13.8. The van der Waals surface area contributed by atoms with Gasteiger partial charge in [0.05, 0.1) is 23.5 Å². The first-order valence-corrected chi connectivity index (χ1v) is 11.3. The van der Waals surface area contributed by atoms with Crippen molar-refractivity contribution in [3.63, 3.8) is 0 Å². The maximum absolute atomic E-state index is 13.8. The summed E-state index contributed by atoms with van der Waals surface area (Å²) in [7, 11) is 1.89. The predicted octanol–water partition coefficient (Wildman–Crippen LogP) is 2.16. The number of carbonyl (C=O) groups excluding carboxylic acids is 2. The van der Waals surface area contributed by atoms with Gasteiger partial charge < -0.3 is 20.4 Å². The van der Waals surface area contributed by atoms with Gasteiger partial charge in [0.1, 0.15) is 0 Å². The lowest BCUT2D eigenvalue weighted by molar-refractivity contribution is -0.117. The fourth-order valence-electron chi connectivity index (χ4n) is 4.61. The lowest BCUT2D eigenvalue weighted by atomic mass is 10.0. The molecule has 2 aliphatic heterocycles. The maximum Gasteiger partial charge on any atom is 0.256 e. The smallest absolute Gasteiger partial charge is 0.256 e. The molecule has 1 atom stereocenters. The zero-order chi connectivity index (χ0) is 21.4. The highest BCUT2D eigenvalue weighted by atomic mass is 16.2. The Morgan fingerprint density at radius 1 is 1.16 bits per heavy atom. The molecule has 1 aromatic heterocycles. The molecule has 1 saturated carbocycles. The van der Waals surface area contributed by atoms with Crippen LogP contribution in [0.25, 0.3) is 0 Å². The van der Waals surface area contributed by atoms with Crippen molar-refractivity contribution in [3.05, 3.63) is 41.7 Å². The minimum Gasteiger partial charge on any atom is -0.371 e. The van der Waals surface area contributed by atoms with Crippen LogP contribution < -0.4 is 15.5 Å². The van der Waals surface area contributed by atoms with Crippen molar-refractivity contribution in [2.45, 2.75) is 31.7 Å². The van der Waals surface area contributed by atoms with Crippen LogP contribution in [0.4, 0.5) is 11.4 Å². The van der Waals surface area contributed by atoms with E-state index in [-0.39, 0.29) is 23.8 Å². The molecule has 0 radical (unpaired) electrons. The van der Waals surface area contributed by atoms with Gasteiger partial charge in [0, 0.05) is 63.1 Å². The van der Waals surface area contributed by atoms with E-state index in [2.05, 4.69) is 20.6 Å². The highest BCUT2D eigenvalue weighted by Gasteiger charge is 2.33. The molecule has 2 saturated heterocycles. The minimum atomic E-state index is -0.0457. The molecule has 0 bridgehead atoms. The third-order valence-electron chi connectivity index (χ3n) is 6.50. The topological polar surface area (TPSA) is 82.5 Å². The lowest BCUT2D eigenvalue weighted by Crippen LogP contribution is -2.48. The summed E-state index contributed by atoms with van der Waals surface area (Å²) in [6, 6.07) is 5.70. The Kier molecular flexibility index (Phi) is 5.40. The molecule has 1 aromatic carbocycles. The molecule has 1 aliphatic carbocycles. The van der Waals surface area contributed by atoms with Gasteiger partial charge in [-0.15, -0.1) is 0 Å². The van der Waals surface area contributed by atoms with Crippen molar-refractivity contribution in [1.82, 2.24) is 20.0 Å². The van der Waals surface area contributed by atoms with Crippen molar-refractivity contribution in [2.24, 2.45) is 13.0 Å².